The van der Waals surface area contributed by atoms with Crippen molar-refractivity contribution in [2.45, 2.75) is 25.9 Å². The number of piperidine rings is 1. The quantitative estimate of drug-likeness (QED) is 0.623. The number of alkyl carbamates (subject to hydrolysis) is 1. The summed E-state index contributed by atoms with van der Waals surface area (Å²) < 4.78 is 7.01. The van der Waals surface area contributed by atoms with E-state index in [9.17, 15) is 4.79 Å². The standard InChI is InChI=1S/C21H26N6O2S/c1-26-19(6-10-24-26)18-3-2-4-20(25-18)27-11-7-16(8-12-27)5-9-22-21(28)29-13-17-14-30-15-23-17/h2-4,6,10,14-16H,5,7-9,11-13H2,1H3,(H,22,28). The molecular formula is C21H26N6O2S. The number of nitrogens with zero attached hydrogens (tertiary/aromatic N) is 5. The molecule has 4 rings (SSSR count). The van der Waals surface area contributed by atoms with Crippen LogP contribution in [0.4, 0.5) is 10.6 Å². The lowest BCUT2D eigenvalue weighted by atomic mass is 9.93. The third-order valence-corrected chi connectivity index (χ3v) is 6.05. The largest absolute Gasteiger partial charge is 0.443 e. The highest BCUT2D eigenvalue weighted by Crippen LogP contribution is 2.26. The summed E-state index contributed by atoms with van der Waals surface area (Å²) in [6.45, 7) is 2.80. The highest BCUT2D eigenvalue weighted by Gasteiger charge is 2.20. The number of carbonyl (C=O) groups excluding carboxylic acids is 1. The van der Waals surface area contributed by atoms with Crippen molar-refractivity contribution in [3.05, 3.63) is 47.0 Å². The number of rotatable bonds is 7. The number of ether oxygens (including phenoxy) is 1. The predicted molar refractivity (Wildman–Crippen MR) is 116 cm³/mol. The van der Waals surface area contributed by atoms with Gasteiger partial charge < -0.3 is 15.0 Å². The molecule has 0 aliphatic carbocycles. The Hall–Kier alpha value is -2.94. The fraction of sp³-hybridized carbons (Fsp3) is 0.429. The van der Waals surface area contributed by atoms with Crippen LogP contribution >= 0.6 is 11.3 Å². The fourth-order valence-electron chi connectivity index (χ4n) is 3.70. The molecular weight excluding hydrogens is 400 g/mol. The molecule has 3 aromatic heterocycles. The zero-order chi connectivity index (χ0) is 20.8. The monoisotopic (exact) mass is 426 g/mol. The molecule has 1 amide bonds. The summed E-state index contributed by atoms with van der Waals surface area (Å²) in [6, 6.07) is 8.12. The Morgan fingerprint density at radius 2 is 2.17 bits per heavy atom. The van der Waals surface area contributed by atoms with Gasteiger partial charge in [0, 0.05) is 38.3 Å². The van der Waals surface area contributed by atoms with Crippen molar-refractivity contribution in [2.24, 2.45) is 13.0 Å². The van der Waals surface area contributed by atoms with E-state index >= 15 is 0 Å². The molecule has 8 nitrogen and oxygen atoms in total. The Bertz CT molecular complexity index is 950. The van der Waals surface area contributed by atoms with E-state index in [2.05, 4.69) is 32.4 Å². The smallest absolute Gasteiger partial charge is 0.407 e. The summed E-state index contributed by atoms with van der Waals surface area (Å²) in [4.78, 5) is 23.1. The molecule has 1 fully saturated rings. The highest BCUT2D eigenvalue weighted by atomic mass is 32.1. The van der Waals surface area contributed by atoms with Crippen LogP contribution in [0.15, 0.2) is 41.4 Å². The summed E-state index contributed by atoms with van der Waals surface area (Å²) in [6.07, 6.45) is 4.55. The molecule has 9 heteroatoms. The van der Waals surface area contributed by atoms with Crippen LogP contribution in [0, 0.1) is 5.92 Å². The number of nitrogens with one attached hydrogen (secondary N) is 1. The van der Waals surface area contributed by atoms with E-state index in [0.717, 1.165) is 55.3 Å². The second-order valence-corrected chi connectivity index (χ2v) is 8.14. The molecule has 3 aromatic rings. The van der Waals surface area contributed by atoms with Gasteiger partial charge in [-0.15, -0.1) is 11.3 Å². The molecule has 0 aromatic carbocycles. The van der Waals surface area contributed by atoms with E-state index < -0.39 is 0 Å². The summed E-state index contributed by atoms with van der Waals surface area (Å²) in [7, 11) is 1.93. The van der Waals surface area contributed by atoms with Crippen LogP contribution < -0.4 is 10.2 Å². The number of hydrogen-bond donors (Lipinski definition) is 1. The van der Waals surface area contributed by atoms with E-state index in [-0.39, 0.29) is 12.7 Å². The second kappa shape index (κ2) is 9.71. The number of aryl methyl sites for hydroxylation is 1. The molecule has 0 unspecified atom stereocenters. The van der Waals surface area contributed by atoms with Gasteiger partial charge in [0.05, 0.1) is 22.6 Å². The van der Waals surface area contributed by atoms with Crippen molar-refractivity contribution >= 4 is 23.2 Å². The molecule has 1 aliphatic heterocycles. The average molecular weight is 427 g/mol. The van der Waals surface area contributed by atoms with Gasteiger partial charge in [0.15, 0.2) is 0 Å². The molecule has 1 aliphatic rings. The fourth-order valence-corrected chi connectivity index (χ4v) is 4.24. The first-order chi connectivity index (χ1) is 14.7. The van der Waals surface area contributed by atoms with E-state index in [1.54, 1.807) is 11.7 Å². The van der Waals surface area contributed by atoms with Crippen molar-refractivity contribution in [3.8, 4) is 11.4 Å². The van der Waals surface area contributed by atoms with Gasteiger partial charge >= 0.3 is 6.09 Å². The number of pyridine rings is 1. The van der Waals surface area contributed by atoms with Gasteiger partial charge in [-0.1, -0.05) is 6.07 Å². The van der Waals surface area contributed by atoms with Crippen LogP contribution in [0.5, 0.6) is 0 Å². The first-order valence-corrected chi connectivity index (χ1v) is 11.1. The first kappa shape index (κ1) is 20.3. The zero-order valence-electron chi connectivity index (χ0n) is 17.0. The van der Waals surface area contributed by atoms with E-state index in [1.807, 2.05) is 29.2 Å². The topological polar surface area (TPSA) is 85.2 Å². The van der Waals surface area contributed by atoms with Crippen molar-refractivity contribution in [3.63, 3.8) is 0 Å². The maximum Gasteiger partial charge on any atom is 0.407 e. The number of carbonyl (C=O) groups is 1. The van der Waals surface area contributed by atoms with Gasteiger partial charge in [-0.2, -0.15) is 5.10 Å². The maximum atomic E-state index is 11.8. The molecule has 0 atom stereocenters. The summed E-state index contributed by atoms with van der Waals surface area (Å²) >= 11 is 1.49. The number of aromatic nitrogens is 4. The van der Waals surface area contributed by atoms with Gasteiger partial charge in [0.1, 0.15) is 12.4 Å². The predicted octanol–water partition coefficient (Wildman–Crippen LogP) is 3.47. The Morgan fingerprint density at radius 3 is 2.90 bits per heavy atom. The lowest BCUT2D eigenvalue weighted by Gasteiger charge is -2.33. The van der Waals surface area contributed by atoms with E-state index in [4.69, 9.17) is 9.72 Å². The minimum Gasteiger partial charge on any atom is -0.443 e. The molecule has 0 radical (unpaired) electrons. The van der Waals surface area contributed by atoms with Crippen molar-refractivity contribution < 1.29 is 9.53 Å². The van der Waals surface area contributed by atoms with E-state index in [0.29, 0.717) is 12.5 Å². The van der Waals surface area contributed by atoms with Crippen LogP contribution in [-0.4, -0.2) is 45.5 Å². The maximum absolute atomic E-state index is 11.8. The highest BCUT2D eigenvalue weighted by molar-refractivity contribution is 7.07. The molecule has 158 valence electrons. The number of amides is 1. The molecule has 0 saturated carbocycles. The third-order valence-electron chi connectivity index (χ3n) is 5.41. The van der Waals surface area contributed by atoms with Gasteiger partial charge in [-0.3, -0.25) is 4.68 Å². The first-order valence-electron chi connectivity index (χ1n) is 10.2. The Kier molecular flexibility index (Phi) is 6.58. The van der Waals surface area contributed by atoms with Gasteiger partial charge in [-0.05, 0) is 43.4 Å². The molecule has 1 saturated heterocycles. The number of thiazole rings is 1. The van der Waals surface area contributed by atoms with Crippen molar-refractivity contribution in [1.29, 1.82) is 0 Å². The second-order valence-electron chi connectivity index (χ2n) is 7.42. The SMILES string of the molecule is Cn1nccc1-c1cccc(N2CCC(CCNC(=O)OCc3cscn3)CC2)n1. The van der Waals surface area contributed by atoms with Crippen LogP contribution in [0.1, 0.15) is 25.0 Å². The van der Waals surface area contributed by atoms with Crippen LogP contribution in [0.2, 0.25) is 0 Å². The Balaban J connectivity index is 1.20. The van der Waals surface area contributed by atoms with Crippen LogP contribution in [0.3, 0.4) is 0 Å². The number of anilines is 1. The van der Waals surface area contributed by atoms with Crippen molar-refractivity contribution in [1.82, 2.24) is 25.1 Å². The van der Waals surface area contributed by atoms with Gasteiger partial charge in [0.2, 0.25) is 0 Å². The third kappa shape index (κ3) is 5.15. The lowest BCUT2D eigenvalue weighted by Crippen LogP contribution is -2.35. The van der Waals surface area contributed by atoms with Crippen molar-refractivity contribution in [2.75, 3.05) is 24.5 Å². The minimum atomic E-state index is -0.378. The van der Waals surface area contributed by atoms with Gasteiger partial charge in [-0.25, -0.2) is 14.8 Å². The molecule has 0 spiro atoms. The van der Waals surface area contributed by atoms with E-state index in [1.165, 1.54) is 11.3 Å². The Morgan fingerprint density at radius 1 is 1.30 bits per heavy atom. The zero-order valence-corrected chi connectivity index (χ0v) is 17.8. The molecule has 1 N–H and O–H groups in total. The molecule has 30 heavy (non-hydrogen) atoms. The van der Waals surface area contributed by atoms with Crippen LogP contribution in [-0.2, 0) is 18.4 Å². The normalized spacial score (nSPS) is 14.6. The average Bonchev–Trinajstić information content (AvgIpc) is 3.44. The molecule has 4 heterocycles. The van der Waals surface area contributed by atoms with Gasteiger partial charge in [0.25, 0.3) is 0 Å². The Labute approximate surface area is 179 Å². The summed E-state index contributed by atoms with van der Waals surface area (Å²) in [5, 5.41) is 8.95. The van der Waals surface area contributed by atoms with Crippen LogP contribution in [0.25, 0.3) is 11.4 Å². The minimum absolute atomic E-state index is 0.221. The number of hydrogen-bond acceptors (Lipinski definition) is 7. The summed E-state index contributed by atoms with van der Waals surface area (Å²) in [5.74, 6) is 1.61. The molecule has 0 bridgehead atoms. The lowest BCUT2D eigenvalue weighted by molar-refractivity contribution is 0.137. The summed E-state index contributed by atoms with van der Waals surface area (Å²) in [5.41, 5.74) is 4.46.